The van der Waals surface area contributed by atoms with E-state index in [0.29, 0.717) is 11.5 Å². The van der Waals surface area contributed by atoms with Gasteiger partial charge in [-0.05, 0) is 13.0 Å². The lowest BCUT2D eigenvalue weighted by Crippen LogP contribution is -2.16. The number of hydrogen-bond acceptors (Lipinski definition) is 6. The SMILES string of the molecule is Cc1[nH]nc(C(=O)Nc2ccnc3ccnn23)c1[N+](=O)[O-]. The second-order valence-electron chi connectivity index (χ2n) is 4.19. The lowest BCUT2D eigenvalue weighted by atomic mass is 10.3. The van der Waals surface area contributed by atoms with Gasteiger partial charge in [-0.1, -0.05) is 0 Å². The maximum Gasteiger partial charge on any atom is 0.322 e. The fourth-order valence-electron chi connectivity index (χ4n) is 1.91. The number of hydrogen-bond donors (Lipinski definition) is 2. The van der Waals surface area contributed by atoms with Crippen molar-refractivity contribution in [1.82, 2.24) is 24.8 Å². The molecule has 0 aliphatic rings. The molecule has 3 heterocycles. The molecule has 0 unspecified atom stereocenters. The van der Waals surface area contributed by atoms with E-state index in [2.05, 4.69) is 25.6 Å². The van der Waals surface area contributed by atoms with Crippen molar-refractivity contribution >= 4 is 23.1 Å². The molecule has 0 spiro atoms. The van der Waals surface area contributed by atoms with Crippen LogP contribution in [0.2, 0.25) is 0 Å². The molecule has 3 rings (SSSR count). The molecule has 3 aromatic rings. The molecule has 0 radical (unpaired) electrons. The highest BCUT2D eigenvalue weighted by Gasteiger charge is 2.27. The van der Waals surface area contributed by atoms with Crippen molar-refractivity contribution in [3.8, 4) is 0 Å². The normalized spacial score (nSPS) is 10.7. The largest absolute Gasteiger partial charge is 0.322 e. The Labute approximate surface area is 117 Å². The number of aromatic nitrogens is 5. The first-order valence-electron chi connectivity index (χ1n) is 5.87. The quantitative estimate of drug-likeness (QED) is 0.544. The monoisotopic (exact) mass is 287 g/mol. The third kappa shape index (κ3) is 2.08. The highest BCUT2D eigenvalue weighted by atomic mass is 16.6. The number of carbonyl (C=O) groups is 1. The molecule has 0 fully saturated rings. The van der Waals surface area contributed by atoms with E-state index >= 15 is 0 Å². The molecular weight excluding hydrogens is 278 g/mol. The topological polar surface area (TPSA) is 131 Å². The molecule has 10 nitrogen and oxygen atoms in total. The van der Waals surface area contributed by atoms with E-state index in [4.69, 9.17) is 0 Å². The second kappa shape index (κ2) is 4.67. The van der Waals surface area contributed by atoms with Crippen LogP contribution in [0, 0.1) is 17.0 Å². The maximum absolute atomic E-state index is 12.2. The summed E-state index contributed by atoms with van der Waals surface area (Å²) in [5, 5.41) is 23.6. The van der Waals surface area contributed by atoms with Gasteiger partial charge < -0.3 is 5.32 Å². The van der Waals surface area contributed by atoms with Crippen molar-refractivity contribution in [1.29, 1.82) is 0 Å². The zero-order valence-electron chi connectivity index (χ0n) is 10.8. The molecule has 0 aromatic carbocycles. The average Bonchev–Trinajstić information content (AvgIpc) is 3.05. The van der Waals surface area contributed by atoms with Gasteiger partial charge in [0.15, 0.2) is 5.65 Å². The molecule has 0 aliphatic carbocycles. The van der Waals surface area contributed by atoms with Gasteiger partial charge in [0, 0.05) is 12.3 Å². The second-order valence-corrected chi connectivity index (χ2v) is 4.19. The van der Waals surface area contributed by atoms with Crippen molar-refractivity contribution in [2.75, 3.05) is 5.32 Å². The smallest absolute Gasteiger partial charge is 0.305 e. The minimum atomic E-state index is -0.700. The van der Waals surface area contributed by atoms with Gasteiger partial charge in [0.2, 0.25) is 5.69 Å². The van der Waals surface area contributed by atoms with Gasteiger partial charge >= 0.3 is 5.69 Å². The van der Waals surface area contributed by atoms with E-state index in [0.717, 1.165) is 0 Å². The number of rotatable bonds is 3. The first-order valence-corrected chi connectivity index (χ1v) is 5.87. The van der Waals surface area contributed by atoms with Crippen LogP contribution in [0.15, 0.2) is 24.5 Å². The maximum atomic E-state index is 12.2. The molecule has 0 saturated carbocycles. The van der Waals surface area contributed by atoms with Crippen molar-refractivity contribution in [3.05, 3.63) is 46.0 Å². The van der Waals surface area contributed by atoms with Crippen molar-refractivity contribution in [2.45, 2.75) is 6.92 Å². The number of carbonyl (C=O) groups excluding carboxylic acids is 1. The van der Waals surface area contributed by atoms with Crippen LogP contribution in [0.1, 0.15) is 16.2 Å². The summed E-state index contributed by atoms with van der Waals surface area (Å²) in [6.07, 6.45) is 3.02. The highest BCUT2D eigenvalue weighted by molar-refractivity contribution is 6.05. The molecule has 3 aromatic heterocycles. The number of fused-ring (bicyclic) bond motifs is 1. The number of nitro groups is 1. The Morgan fingerprint density at radius 2 is 2.24 bits per heavy atom. The van der Waals surface area contributed by atoms with Crippen molar-refractivity contribution in [2.24, 2.45) is 0 Å². The van der Waals surface area contributed by atoms with Gasteiger partial charge in [0.05, 0.1) is 11.1 Å². The van der Waals surface area contributed by atoms with Crippen LogP contribution in [-0.4, -0.2) is 35.6 Å². The summed E-state index contributed by atoms with van der Waals surface area (Å²) < 4.78 is 1.41. The Morgan fingerprint density at radius 3 is 3.00 bits per heavy atom. The molecule has 1 amide bonds. The molecule has 10 heteroatoms. The number of anilines is 1. The first-order chi connectivity index (χ1) is 10.1. The van der Waals surface area contributed by atoms with Crippen LogP contribution in [0.4, 0.5) is 11.5 Å². The van der Waals surface area contributed by atoms with Gasteiger partial charge in [0.1, 0.15) is 11.5 Å². The standard InChI is InChI=1S/C11H9N7O3/c1-6-10(18(20)21)9(16-15-6)11(19)14-8-2-4-12-7-3-5-13-17(7)8/h2-5H,1H3,(H,14,19)(H,15,16). The Kier molecular flexibility index (Phi) is 2.83. The molecule has 0 atom stereocenters. The van der Waals surface area contributed by atoms with Crippen LogP contribution >= 0.6 is 0 Å². The number of H-pyrrole nitrogens is 1. The predicted molar refractivity (Wildman–Crippen MR) is 70.9 cm³/mol. The molecule has 2 N–H and O–H groups in total. The fraction of sp³-hybridized carbons (Fsp3) is 0.0909. The Balaban J connectivity index is 1.97. The van der Waals surface area contributed by atoms with Crippen LogP contribution in [0.3, 0.4) is 0 Å². The summed E-state index contributed by atoms with van der Waals surface area (Å²) in [5.41, 5.74) is 0.123. The number of aryl methyl sites for hydroxylation is 1. The molecule has 21 heavy (non-hydrogen) atoms. The molecule has 0 saturated heterocycles. The van der Waals surface area contributed by atoms with E-state index in [-0.39, 0.29) is 17.1 Å². The lowest BCUT2D eigenvalue weighted by molar-refractivity contribution is -0.385. The summed E-state index contributed by atoms with van der Waals surface area (Å²) in [6.45, 7) is 1.47. The Bertz CT molecular complexity index is 850. The first kappa shape index (κ1) is 12.7. The summed E-state index contributed by atoms with van der Waals surface area (Å²) in [5.74, 6) is -0.362. The van der Waals surface area contributed by atoms with Crippen molar-refractivity contribution < 1.29 is 9.72 Å². The lowest BCUT2D eigenvalue weighted by Gasteiger charge is -2.04. The fourth-order valence-corrected chi connectivity index (χ4v) is 1.91. The van der Waals surface area contributed by atoms with E-state index in [1.165, 1.54) is 29.9 Å². The summed E-state index contributed by atoms with van der Waals surface area (Å²) in [4.78, 5) is 26.5. The number of nitrogens with one attached hydrogen (secondary N) is 2. The van der Waals surface area contributed by atoms with Crippen LogP contribution < -0.4 is 5.32 Å². The van der Waals surface area contributed by atoms with Gasteiger partial charge in [0.25, 0.3) is 5.91 Å². The highest BCUT2D eigenvalue weighted by Crippen LogP contribution is 2.21. The zero-order chi connectivity index (χ0) is 15.0. The van der Waals surface area contributed by atoms with E-state index in [1.54, 1.807) is 6.07 Å². The molecule has 0 aliphatic heterocycles. The van der Waals surface area contributed by atoms with Gasteiger partial charge in [-0.15, -0.1) is 0 Å². The third-order valence-corrected chi connectivity index (χ3v) is 2.84. The van der Waals surface area contributed by atoms with Gasteiger partial charge in [-0.3, -0.25) is 20.0 Å². The predicted octanol–water partition coefficient (Wildman–Crippen LogP) is 0.921. The van der Waals surface area contributed by atoms with Crippen LogP contribution in [-0.2, 0) is 0 Å². The van der Waals surface area contributed by atoms with Crippen LogP contribution in [0.5, 0.6) is 0 Å². The van der Waals surface area contributed by atoms with Gasteiger partial charge in [-0.2, -0.15) is 14.7 Å². The van der Waals surface area contributed by atoms with Gasteiger partial charge in [-0.25, -0.2) is 4.98 Å². The van der Waals surface area contributed by atoms with Crippen LogP contribution in [0.25, 0.3) is 5.65 Å². The number of nitrogens with zero attached hydrogens (tertiary/aromatic N) is 5. The Hall–Kier alpha value is -3.30. The molecule has 106 valence electrons. The zero-order valence-corrected chi connectivity index (χ0v) is 10.8. The van der Waals surface area contributed by atoms with E-state index in [1.807, 2.05) is 0 Å². The number of aromatic amines is 1. The summed E-state index contributed by atoms with van der Waals surface area (Å²) >= 11 is 0. The van der Waals surface area contributed by atoms with E-state index in [9.17, 15) is 14.9 Å². The Morgan fingerprint density at radius 1 is 1.43 bits per heavy atom. The third-order valence-electron chi connectivity index (χ3n) is 2.84. The summed E-state index contributed by atoms with van der Waals surface area (Å²) in [7, 11) is 0. The molecule has 0 bridgehead atoms. The average molecular weight is 287 g/mol. The number of amides is 1. The minimum Gasteiger partial charge on any atom is -0.305 e. The summed E-state index contributed by atoms with van der Waals surface area (Å²) in [6, 6.07) is 3.19. The van der Waals surface area contributed by atoms with E-state index < -0.39 is 10.8 Å². The molecular formula is C11H9N7O3. The minimum absolute atomic E-state index is 0.212. The van der Waals surface area contributed by atoms with Crippen molar-refractivity contribution in [3.63, 3.8) is 0 Å².